The Kier molecular flexibility index (Phi) is 5.91. The molecule has 3 rings (SSSR count). The van der Waals surface area contributed by atoms with Crippen LogP contribution in [0.4, 0.5) is 0 Å². The van der Waals surface area contributed by atoms with Gasteiger partial charge in [-0.25, -0.2) is 9.67 Å². The lowest BCUT2D eigenvalue weighted by molar-refractivity contribution is -0.125. The number of hydrogen-bond acceptors (Lipinski definition) is 4. The number of amides is 1. The van der Waals surface area contributed by atoms with Crippen molar-refractivity contribution in [1.29, 1.82) is 0 Å². The second kappa shape index (κ2) is 7.91. The highest BCUT2D eigenvalue weighted by molar-refractivity contribution is 5.85. The molecule has 1 aromatic carbocycles. The summed E-state index contributed by atoms with van der Waals surface area (Å²) in [6.07, 6.45) is 5.02. The molecule has 22 heavy (non-hydrogen) atoms. The third-order valence-electron chi connectivity index (χ3n) is 3.80. The fourth-order valence-corrected chi connectivity index (χ4v) is 2.53. The number of nitrogens with zero attached hydrogens (tertiary/aromatic N) is 3. The number of benzene rings is 1. The van der Waals surface area contributed by atoms with Crippen LogP contribution in [0.15, 0.2) is 36.9 Å². The van der Waals surface area contributed by atoms with Crippen LogP contribution in [-0.4, -0.2) is 33.8 Å². The van der Waals surface area contributed by atoms with E-state index in [1.54, 1.807) is 11.0 Å². The van der Waals surface area contributed by atoms with Gasteiger partial charge < -0.3 is 10.6 Å². The van der Waals surface area contributed by atoms with Gasteiger partial charge in [-0.1, -0.05) is 12.1 Å². The van der Waals surface area contributed by atoms with Crippen LogP contribution in [0.3, 0.4) is 0 Å². The first-order chi connectivity index (χ1) is 10.3. The average Bonchev–Trinajstić information content (AvgIpc) is 3.08. The van der Waals surface area contributed by atoms with Gasteiger partial charge in [0.05, 0.1) is 5.69 Å². The first-order valence-electron chi connectivity index (χ1n) is 7.25. The normalized spacial score (nSPS) is 15.1. The summed E-state index contributed by atoms with van der Waals surface area (Å²) in [6, 6.07) is 7.95. The first-order valence-corrected chi connectivity index (χ1v) is 7.25. The number of hydrogen-bond donors (Lipinski definition) is 2. The summed E-state index contributed by atoms with van der Waals surface area (Å²) in [5.74, 6) is 0.317. The molecule has 0 unspecified atom stereocenters. The van der Waals surface area contributed by atoms with Crippen molar-refractivity contribution in [3.8, 4) is 5.69 Å². The van der Waals surface area contributed by atoms with Crippen molar-refractivity contribution in [2.45, 2.75) is 19.4 Å². The van der Waals surface area contributed by atoms with Gasteiger partial charge in [0.25, 0.3) is 0 Å². The second-order valence-corrected chi connectivity index (χ2v) is 5.25. The lowest BCUT2D eigenvalue weighted by Crippen LogP contribution is -2.37. The number of carbonyl (C=O) groups excluding carboxylic acids is 1. The summed E-state index contributed by atoms with van der Waals surface area (Å²) in [7, 11) is 0. The van der Waals surface area contributed by atoms with Crippen LogP contribution < -0.4 is 10.6 Å². The molecule has 0 aliphatic carbocycles. The number of piperidine rings is 1. The third-order valence-corrected chi connectivity index (χ3v) is 3.80. The van der Waals surface area contributed by atoms with E-state index in [9.17, 15) is 4.79 Å². The van der Waals surface area contributed by atoms with Gasteiger partial charge in [-0.15, -0.1) is 12.4 Å². The SMILES string of the molecule is Cl.O=C(NCc1ccc(-n2cncn2)cc1)C1CCNCC1. The summed E-state index contributed by atoms with van der Waals surface area (Å²) in [4.78, 5) is 16.0. The molecule has 1 aliphatic heterocycles. The van der Waals surface area contributed by atoms with E-state index in [1.165, 1.54) is 6.33 Å². The molecule has 0 atom stereocenters. The van der Waals surface area contributed by atoms with Crippen molar-refractivity contribution in [3.05, 3.63) is 42.5 Å². The highest BCUT2D eigenvalue weighted by Crippen LogP contribution is 2.12. The summed E-state index contributed by atoms with van der Waals surface area (Å²) in [5, 5.41) is 10.4. The Balaban J connectivity index is 0.00000176. The Labute approximate surface area is 135 Å². The zero-order valence-corrected chi connectivity index (χ0v) is 13.1. The Morgan fingerprint density at radius 2 is 2.00 bits per heavy atom. The molecule has 0 saturated carbocycles. The molecule has 1 amide bonds. The van der Waals surface area contributed by atoms with E-state index in [0.717, 1.165) is 37.2 Å². The zero-order chi connectivity index (χ0) is 14.5. The van der Waals surface area contributed by atoms with Crippen molar-refractivity contribution >= 4 is 18.3 Å². The van der Waals surface area contributed by atoms with Gasteiger partial charge in [-0.2, -0.15) is 5.10 Å². The summed E-state index contributed by atoms with van der Waals surface area (Å²) in [6.45, 7) is 2.44. The lowest BCUT2D eigenvalue weighted by atomic mass is 9.97. The highest BCUT2D eigenvalue weighted by Gasteiger charge is 2.20. The van der Waals surface area contributed by atoms with E-state index in [4.69, 9.17) is 0 Å². The molecule has 2 heterocycles. The highest BCUT2D eigenvalue weighted by atomic mass is 35.5. The Bertz CT molecular complexity index is 578. The molecule has 0 radical (unpaired) electrons. The van der Waals surface area contributed by atoms with E-state index in [2.05, 4.69) is 20.7 Å². The molecular formula is C15H20ClN5O. The fourth-order valence-electron chi connectivity index (χ4n) is 2.53. The van der Waals surface area contributed by atoms with E-state index < -0.39 is 0 Å². The molecule has 2 aromatic rings. The molecule has 7 heteroatoms. The summed E-state index contributed by atoms with van der Waals surface area (Å²) < 4.78 is 1.71. The van der Waals surface area contributed by atoms with Crippen molar-refractivity contribution < 1.29 is 4.79 Å². The minimum absolute atomic E-state index is 0. The van der Waals surface area contributed by atoms with E-state index in [1.807, 2.05) is 24.3 Å². The smallest absolute Gasteiger partial charge is 0.223 e. The van der Waals surface area contributed by atoms with Crippen LogP contribution in [0, 0.1) is 5.92 Å². The van der Waals surface area contributed by atoms with Gasteiger partial charge in [0.2, 0.25) is 5.91 Å². The predicted octanol–water partition coefficient (Wildman–Crippen LogP) is 1.30. The molecule has 1 saturated heterocycles. The van der Waals surface area contributed by atoms with E-state index in [0.29, 0.717) is 6.54 Å². The van der Waals surface area contributed by atoms with E-state index >= 15 is 0 Å². The average molecular weight is 322 g/mol. The van der Waals surface area contributed by atoms with Gasteiger partial charge >= 0.3 is 0 Å². The molecule has 118 valence electrons. The molecule has 1 aliphatic rings. The van der Waals surface area contributed by atoms with Gasteiger partial charge in [-0.05, 0) is 43.6 Å². The van der Waals surface area contributed by atoms with Crippen LogP contribution in [-0.2, 0) is 11.3 Å². The first kappa shape index (κ1) is 16.5. The van der Waals surface area contributed by atoms with Crippen molar-refractivity contribution in [1.82, 2.24) is 25.4 Å². The largest absolute Gasteiger partial charge is 0.352 e. The Morgan fingerprint density at radius 3 is 2.64 bits per heavy atom. The van der Waals surface area contributed by atoms with Crippen molar-refractivity contribution in [2.75, 3.05) is 13.1 Å². The predicted molar refractivity (Wildman–Crippen MR) is 86.0 cm³/mol. The van der Waals surface area contributed by atoms with Gasteiger partial charge in [0.1, 0.15) is 12.7 Å². The summed E-state index contributed by atoms with van der Waals surface area (Å²) >= 11 is 0. The molecule has 6 nitrogen and oxygen atoms in total. The fraction of sp³-hybridized carbons (Fsp3) is 0.400. The monoisotopic (exact) mass is 321 g/mol. The Hall–Kier alpha value is -1.92. The molecule has 0 spiro atoms. The maximum atomic E-state index is 12.1. The maximum absolute atomic E-state index is 12.1. The van der Waals surface area contributed by atoms with Crippen LogP contribution >= 0.6 is 12.4 Å². The second-order valence-electron chi connectivity index (χ2n) is 5.25. The molecule has 1 fully saturated rings. The van der Waals surface area contributed by atoms with Crippen molar-refractivity contribution in [3.63, 3.8) is 0 Å². The molecule has 1 aromatic heterocycles. The quantitative estimate of drug-likeness (QED) is 0.890. The maximum Gasteiger partial charge on any atom is 0.223 e. The van der Waals surface area contributed by atoms with Gasteiger partial charge in [0, 0.05) is 12.5 Å². The van der Waals surface area contributed by atoms with Gasteiger partial charge in [0.15, 0.2) is 0 Å². The molecule has 2 N–H and O–H groups in total. The van der Waals surface area contributed by atoms with Crippen LogP contribution in [0.2, 0.25) is 0 Å². The number of carbonyl (C=O) groups is 1. The topological polar surface area (TPSA) is 71.8 Å². The van der Waals surface area contributed by atoms with Crippen LogP contribution in [0.5, 0.6) is 0 Å². The lowest BCUT2D eigenvalue weighted by Gasteiger charge is -2.21. The van der Waals surface area contributed by atoms with E-state index in [-0.39, 0.29) is 24.2 Å². The standard InChI is InChI=1S/C15H19N5O.ClH/c21-15(13-5-7-16-8-6-13)18-9-12-1-3-14(4-2-12)20-11-17-10-19-20;/h1-4,10-11,13,16H,5-9H2,(H,18,21);1H. The van der Waals surface area contributed by atoms with Crippen LogP contribution in [0.25, 0.3) is 5.69 Å². The minimum atomic E-state index is 0. The zero-order valence-electron chi connectivity index (χ0n) is 12.2. The number of aromatic nitrogens is 3. The third kappa shape index (κ3) is 4.05. The number of nitrogens with one attached hydrogen (secondary N) is 2. The minimum Gasteiger partial charge on any atom is -0.352 e. The Morgan fingerprint density at radius 1 is 1.27 bits per heavy atom. The summed E-state index contributed by atoms with van der Waals surface area (Å²) in [5.41, 5.74) is 2.04. The van der Waals surface area contributed by atoms with Gasteiger partial charge in [-0.3, -0.25) is 4.79 Å². The number of halogens is 1. The number of rotatable bonds is 4. The molecule has 0 bridgehead atoms. The van der Waals surface area contributed by atoms with Crippen LogP contribution in [0.1, 0.15) is 18.4 Å². The molecular weight excluding hydrogens is 302 g/mol. The van der Waals surface area contributed by atoms with Crippen molar-refractivity contribution in [2.24, 2.45) is 5.92 Å².